The van der Waals surface area contributed by atoms with Crippen LogP contribution in [0, 0.1) is 0 Å². The Labute approximate surface area is 156 Å². The van der Waals surface area contributed by atoms with Crippen molar-refractivity contribution in [2.75, 3.05) is 24.1 Å². The number of primary amides is 1. The minimum atomic E-state index is -3.98. The highest BCUT2D eigenvalue weighted by Crippen LogP contribution is 2.38. The van der Waals surface area contributed by atoms with E-state index >= 15 is 0 Å². The van der Waals surface area contributed by atoms with Gasteiger partial charge in [-0.25, -0.2) is 8.42 Å². The maximum absolute atomic E-state index is 13.3. The quantitative estimate of drug-likeness (QED) is 0.846. The summed E-state index contributed by atoms with van der Waals surface area (Å²) in [6, 6.07) is 11.1. The average Bonchev–Trinajstić information content (AvgIpc) is 2.91. The van der Waals surface area contributed by atoms with Gasteiger partial charge in [-0.2, -0.15) is 0 Å². The highest BCUT2D eigenvalue weighted by atomic mass is 32.2. The Balaban J connectivity index is 1.77. The molecule has 0 aromatic heterocycles. The number of carbonyl (C=O) groups is 1. The van der Waals surface area contributed by atoms with Gasteiger partial charge in [0.1, 0.15) is 5.75 Å². The van der Waals surface area contributed by atoms with E-state index in [1.54, 1.807) is 30.3 Å². The zero-order chi connectivity index (χ0) is 19.0. The van der Waals surface area contributed by atoms with Crippen LogP contribution in [-0.2, 0) is 14.8 Å². The summed E-state index contributed by atoms with van der Waals surface area (Å²) in [4.78, 5) is 11.7. The minimum Gasteiger partial charge on any atom is -0.490 e. The third-order valence-electron chi connectivity index (χ3n) is 4.36. The van der Waals surface area contributed by atoms with Crippen LogP contribution >= 0.6 is 0 Å². The smallest absolute Gasteiger partial charge is 0.264 e. The predicted molar refractivity (Wildman–Crippen MR) is 96.6 cm³/mol. The number of nitrogens with zero attached hydrogens (tertiary/aromatic N) is 1. The molecule has 2 aliphatic heterocycles. The average molecular weight is 390 g/mol. The number of hydrogen-bond donors (Lipinski definition) is 1. The minimum absolute atomic E-state index is 0.0340. The van der Waals surface area contributed by atoms with Crippen molar-refractivity contribution in [3.63, 3.8) is 0 Å². The lowest BCUT2D eigenvalue weighted by atomic mass is 10.2. The third-order valence-corrected chi connectivity index (χ3v) is 6.13. The second-order valence-corrected chi connectivity index (χ2v) is 8.03. The van der Waals surface area contributed by atoms with E-state index in [9.17, 15) is 13.2 Å². The predicted octanol–water partition coefficient (Wildman–Crippen LogP) is 1.29. The molecule has 142 valence electrons. The Kier molecular flexibility index (Phi) is 4.31. The number of para-hydroxylation sites is 2. The van der Waals surface area contributed by atoms with Crippen molar-refractivity contribution in [1.29, 1.82) is 0 Å². The summed E-state index contributed by atoms with van der Waals surface area (Å²) in [5, 5.41) is 0. The number of nitrogens with two attached hydrogens (primary N) is 1. The number of carbonyl (C=O) groups excluding carboxylic acids is 1. The number of fused-ring (bicyclic) bond motifs is 2. The third kappa shape index (κ3) is 3.14. The van der Waals surface area contributed by atoms with Gasteiger partial charge in [0.25, 0.3) is 15.9 Å². The van der Waals surface area contributed by atoms with Crippen LogP contribution in [0.3, 0.4) is 0 Å². The lowest BCUT2D eigenvalue weighted by molar-refractivity contribution is -0.124. The largest absolute Gasteiger partial charge is 0.490 e. The Morgan fingerprint density at radius 3 is 2.56 bits per heavy atom. The molecule has 4 rings (SSSR count). The monoisotopic (exact) mass is 390 g/mol. The van der Waals surface area contributed by atoms with E-state index in [-0.39, 0.29) is 17.2 Å². The number of hydrogen-bond acceptors (Lipinski definition) is 6. The number of benzene rings is 2. The molecule has 1 atom stereocenters. The Morgan fingerprint density at radius 2 is 1.78 bits per heavy atom. The van der Waals surface area contributed by atoms with Gasteiger partial charge < -0.3 is 19.9 Å². The number of anilines is 1. The SMILES string of the molecule is NC(=O)C1CN(S(=O)(=O)c2ccc3c(c2)OCCCO3)c2ccccc2O1. The summed E-state index contributed by atoms with van der Waals surface area (Å²) < 4.78 is 44.4. The van der Waals surface area contributed by atoms with Crippen LogP contribution in [0.1, 0.15) is 6.42 Å². The zero-order valence-electron chi connectivity index (χ0n) is 14.3. The molecule has 9 heteroatoms. The molecule has 2 aliphatic rings. The molecule has 0 saturated heterocycles. The maximum atomic E-state index is 13.3. The number of rotatable bonds is 3. The van der Waals surface area contributed by atoms with E-state index in [1.807, 2.05) is 0 Å². The summed E-state index contributed by atoms with van der Waals surface area (Å²) in [6.45, 7) is 0.750. The summed E-state index contributed by atoms with van der Waals surface area (Å²) in [7, 11) is -3.98. The van der Waals surface area contributed by atoms with Crippen LogP contribution in [0.4, 0.5) is 5.69 Å². The first-order chi connectivity index (χ1) is 13.0. The summed E-state index contributed by atoms with van der Waals surface area (Å²) >= 11 is 0. The number of ether oxygens (including phenoxy) is 3. The van der Waals surface area contributed by atoms with E-state index in [2.05, 4.69) is 0 Å². The fraction of sp³-hybridized carbons (Fsp3) is 0.278. The molecule has 0 spiro atoms. The van der Waals surface area contributed by atoms with Gasteiger partial charge in [0.15, 0.2) is 17.6 Å². The van der Waals surface area contributed by atoms with Gasteiger partial charge in [-0.1, -0.05) is 12.1 Å². The molecule has 2 N–H and O–H groups in total. The molecule has 0 saturated carbocycles. The van der Waals surface area contributed by atoms with Crippen molar-refractivity contribution in [1.82, 2.24) is 0 Å². The van der Waals surface area contributed by atoms with Gasteiger partial charge in [0.05, 0.1) is 30.3 Å². The molecule has 0 radical (unpaired) electrons. The molecule has 0 fully saturated rings. The molecule has 2 aromatic carbocycles. The number of sulfonamides is 1. The molecule has 0 aliphatic carbocycles. The first-order valence-corrected chi connectivity index (χ1v) is 9.88. The highest BCUT2D eigenvalue weighted by molar-refractivity contribution is 7.92. The van der Waals surface area contributed by atoms with Gasteiger partial charge in [0.2, 0.25) is 0 Å². The number of amides is 1. The van der Waals surface area contributed by atoms with Crippen LogP contribution in [0.2, 0.25) is 0 Å². The van der Waals surface area contributed by atoms with Crippen molar-refractivity contribution < 1.29 is 27.4 Å². The normalized spacial score (nSPS) is 18.8. The second-order valence-electron chi connectivity index (χ2n) is 6.17. The second kappa shape index (κ2) is 6.66. The topological polar surface area (TPSA) is 108 Å². The van der Waals surface area contributed by atoms with Gasteiger partial charge >= 0.3 is 0 Å². The Morgan fingerprint density at radius 1 is 1.04 bits per heavy atom. The molecular weight excluding hydrogens is 372 g/mol. The van der Waals surface area contributed by atoms with Crippen LogP contribution in [0.25, 0.3) is 0 Å². The Hall–Kier alpha value is -2.94. The fourth-order valence-electron chi connectivity index (χ4n) is 3.01. The van der Waals surface area contributed by atoms with Crippen LogP contribution in [0.15, 0.2) is 47.4 Å². The van der Waals surface area contributed by atoms with Gasteiger partial charge in [-0.05, 0) is 24.3 Å². The molecule has 2 aromatic rings. The lowest BCUT2D eigenvalue weighted by Crippen LogP contribution is -2.49. The van der Waals surface area contributed by atoms with Gasteiger partial charge in [-0.3, -0.25) is 9.10 Å². The van der Waals surface area contributed by atoms with Crippen molar-refractivity contribution in [3.05, 3.63) is 42.5 Å². The molecule has 1 amide bonds. The van der Waals surface area contributed by atoms with E-state index in [1.165, 1.54) is 12.1 Å². The maximum Gasteiger partial charge on any atom is 0.264 e. The van der Waals surface area contributed by atoms with Crippen LogP contribution in [0.5, 0.6) is 17.2 Å². The molecular formula is C18H18N2O6S. The standard InChI is InChI=1S/C18H18N2O6S/c19-18(21)17-11-20(13-4-1-2-5-14(13)26-17)27(22,23)12-6-7-15-16(10-12)25-9-3-8-24-15/h1-2,4-7,10,17H,3,8-9,11H2,(H2,19,21). The zero-order valence-corrected chi connectivity index (χ0v) is 15.1. The van der Waals surface area contributed by atoms with Crippen LogP contribution < -0.4 is 24.2 Å². The van der Waals surface area contributed by atoms with E-state index in [0.717, 1.165) is 4.31 Å². The van der Waals surface area contributed by atoms with Crippen LogP contribution in [-0.4, -0.2) is 40.2 Å². The fourth-order valence-corrected chi connectivity index (χ4v) is 4.50. The first-order valence-electron chi connectivity index (χ1n) is 8.44. The highest BCUT2D eigenvalue weighted by Gasteiger charge is 2.37. The van der Waals surface area contributed by atoms with Crippen molar-refractivity contribution in [2.24, 2.45) is 5.73 Å². The molecule has 27 heavy (non-hydrogen) atoms. The van der Waals surface area contributed by atoms with Crippen molar-refractivity contribution in [3.8, 4) is 17.2 Å². The molecule has 2 heterocycles. The van der Waals surface area contributed by atoms with Gasteiger partial charge in [-0.15, -0.1) is 0 Å². The van der Waals surface area contributed by atoms with E-state index in [4.69, 9.17) is 19.9 Å². The van der Waals surface area contributed by atoms with Crippen molar-refractivity contribution >= 4 is 21.6 Å². The first kappa shape index (κ1) is 17.5. The molecule has 1 unspecified atom stereocenters. The van der Waals surface area contributed by atoms with E-state index < -0.39 is 22.0 Å². The molecule has 8 nitrogen and oxygen atoms in total. The summed E-state index contributed by atoms with van der Waals surface area (Å²) in [5.74, 6) is 0.430. The summed E-state index contributed by atoms with van der Waals surface area (Å²) in [5.41, 5.74) is 5.70. The molecule has 0 bridgehead atoms. The van der Waals surface area contributed by atoms with Gasteiger partial charge in [0, 0.05) is 12.5 Å². The van der Waals surface area contributed by atoms with E-state index in [0.29, 0.717) is 36.8 Å². The van der Waals surface area contributed by atoms with Crippen molar-refractivity contribution in [2.45, 2.75) is 17.4 Å². The Bertz CT molecular complexity index is 991. The lowest BCUT2D eigenvalue weighted by Gasteiger charge is -2.34. The summed E-state index contributed by atoms with van der Waals surface area (Å²) in [6.07, 6.45) is -0.358.